The first-order valence-corrected chi connectivity index (χ1v) is 9.98. The molecule has 0 heterocycles. The van der Waals surface area contributed by atoms with Crippen molar-refractivity contribution in [1.29, 1.82) is 0 Å². The molecule has 0 aliphatic heterocycles. The molecule has 2 aromatic carbocycles. The van der Waals surface area contributed by atoms with Gasteiger partial charge in [0, 0.05) is 51.4 Å². The summed E-state index contributed by atoms with van der Waals surface area (Å²) >= 11 is 0. The molecule has 2 N–H and O–H groups in total. The molecule has 0 spiro atoms. The second-order valence-corrected chi connectivity index (χ2v) is 6.74. The lowest BCUT2D eigenvalue weighted by molar-refractivity contribution is 0.171. The lowest BCUT2D eigenvalue weighted by Crippen LogP contribution is -2.36. The van der Waals surface area contributed by atoms with E-state index in [9.17, 15) is 0 Å². The first-order chi connectivity index (χ1) is 14.6. The van der Waals surface area contributed by atoms with Crippen molar-refractivity contribution < 1.29 is 18.9 Å². The molecule has 0 saturated heterocycles. The summed E-state index contributed by atoms with van der Waals surface area (Å²) in [7, 11) is 6.71. The van der Waals surface area contributed by atoms with Gasteiger partial charge in [0.2, 0.25) is 0 Å². The molecular formula is C23H34IN3O4. The van der Waals surface area contributed by atoms with Gasteiger partial charge in [-0.1, -0.05) is 24.3 Å². The minimum absolute atomic E-state index is 0. The van der Waals surface area contributed by atoms with E-state index in [1.165, 1.54) is 0 Å². The van der Waals surface area contributed by atoms with Gasteiger partial charge in [0.05, 0.1) is 20.8 Å². The number of halogens is 1. The molecule has 8 heteroatoms. The Morgan fingerprint density at radius 1 is 0.903 bits per heavy atom. The molecule has 0 unspecified atom stereocenters. The van der Waals surface area contributed by atoms with Gasteiger partial charge in [0.1, 0.15) is 5.75 Å². The fourth-order valence-electron chi connectivity index (χ4n) is 3.00. The van der Waals surface area contributed by atoms with E-state index in [4.69, 9.17) is 18.9 Å². The van der Waals surface area contributed by atoms with E-state index in [1.807, 2.05) is 18.2 Å². The number of hydrogen-bond acceptors (Lipinski definition) is 5. The zero-order valence-electron chi connectivity index (χ0n) is 19.0. The molecule has 7 nitrogen and oxygen atoms in total. The maximum Gasteiger partial charge on any atom is 0.191 e. The summed E-state index contributed by atoms with van der Waals surface area (Å²) in [5.74, 6) is 2.98. The Kier molecular flexibility index (Phi) is 12.8. The van der Waals surface area contributed by atoms with Gasteiger partial charge in [-0.15, -0.1) is 24.0 Å². The number of aryl methyl sites for hydroxylation is 1. The number of aliphatic imine (C=N–C) groups is 1. The Labute approximate surface area is 202 Å². The van der Waals surface area contributed by atoms with E-state index in [0.717, 1.165) is 28.9 Å². The van der Waals surface area contributed by atoms with Crippen LogP contribution in [0.4, 0.5) is 0 Å². The lowest BCUT2D eigenvalue weighted by atomic mass is 10.1. The molecular weight excluding hydrogens is 509 g/mol. The van der Waals surface area contributed by atoms with Crippen LogP contribution in [-0.4, -0.2) is 47.6 Å². The highest BCUT2D eigenvalue weighted by Gasteiger charge is 2.10. The number of benzene rings is 2. The zero-order valence-corrected chi connectivity index (χ0v) is 21.3. The quantitative estimate of drug-likeness (QED) is 0.194. The Morgan fingerprint density at radius 3 is 2.29 bits per heavy atom. The van der Waals surface area contributed by atoms with Crippen molar-refractivity contribution in [3.8, 4) is 17.2 Å². The standard InChI is InChI=1S/C23H33N3O4.HI/c1-17-10-11-18(21(14-17)30-13-7-12-27-3)15-25-23(24-2)26-16-19-8-6-9-20(28-4)22(19)29-5;/h6,8-11,14H,7,12-13,15-16H2,1-5H3,(H2,24,25,26);1H. The fourth-order valence-corrected chi connectivity index (χ4v) is 3.00. The van der Waals surface area contributed by atoms with Gasteiger partial charge >= 0.3 is 0 Å². The van der Waals surface area contributed by atoms with Gasteiger partial charge in [-0.05, 0) is 24.6 Å². The monoisotopic (exact) mass is 543 g/mol. The molecule has 0 aliphatic rings. The van der Waals surface area contributed by atoms with E-state index in [1.54, 1.807) is 28.4 Å². The summed E-state index contributed by atoms with van der Waals surface area (Å²) in [6.07, 6.45) is 0.850. The average molecular weight is 543 g/mol. The SMILES string of the molecule is CN=C(NCc1ccc(C)cc1OCCCOC)NCc1cccc(OC)c1OC.I. The van der Waals surface area contributed by atoms with Crippen molar-refractivity contribution in [2.75, 3.05) is 41.6 Å². The topological polar surface area (TPSA) is 73.3 Å². The highest BCUT2D eigenvalue weighted by atomic mass is 127. The van der Waals surface area contributed by atoms with E-state index in [-0.39, 0.29) is 24.0 Å². The van der Waals surface area contributed by atoms with Gasteiger partial charge < -0.3 is 29.6 Å². The van der Waals surface area contributed by atoms with E-state index in [2.05, 4.69) is 40.7 Å². The third kappa shape index (κ3) is 8.45. The molecule has 2 rings (SSSR count). The zero-order chi connectivity index (χ0) is 21.8. The third-order valence-electron chi connectivity index (χ3n) is 4.57. The van der Waals surface area contributed by atoms with E-state index < -0.39 is 0 Å². The number of rotatable bonds is 11. The summed E-state index contributed by atoms with van der Waals surface area (Å²) in [5.41, 5.74) is 3.21. The normalized spacial score (nSPS) is 10.8. The van der Waals surface area contributed by atoms with Gasteiger partial charge in [0.15, 0.2) is 17.5 Å². The molecule has 0 atom stereocenters. The Hall–Kier alpha value is -2.20. The highest BCUT2D eigenvalue weighted by molar-refractivity contribution is 14.0. The van der Waals surface area contributed by atoms with Gasteiger partial charge in [-0.2, -0.15) is 0 Å². The van der Waals surface area contributed by atoms with Gasteiger partial charge in [-0.3, -0.25) is 4.99 Å². The highest BCUT2D eigenvalue weighted by Crippen LogP contribution is 2.30. The van der Waals surface area contributed by atoms with Gasteiger partial charge in [0.25, 0.3) is 0 Å². The first-order valence-electron chi connectivity index (χ1n) is 9.98. The number of nitrogens with zero attached hydrogens (tertiary/aromatic N) is 1. The Balaban J connectivity index is 0.00000480. The van der Waals surface area contributed by atoms with Crippen molar-refractivity contribution in [3.05, 3.63) is 53.1 Å². The van der Waals surface area contributed by atoms with Crippen LogP contribution in [0.5, 0.6) is 17.2 Å². The molecule has 0 aromatic heterocycles. The molecule has 0 saturated carbocycles. The Morgan fingerprint density at radius 2 is 1.65 bits per heavy atom. The van der Waals surface area contributed by atoms with Crippen LogP contribution in [0.25, 0.3) is 0 Å². The van der Waals surface area contributed by atoms with Crippen LogP contribution in [0.15, 0.2) is 41.4 Å². The Bertz CT molecular complexity index is 830. The molecule has 0 fully saturated rings. The van der Waals surface area contributed by atoms with Crippen LogP contribution in [0, 0.1) is 6.92 Å². The second kappa shape index (κ2) is 14.7. The molecule has 0 amide bonds. The van der Waals surface area contributed by atoms with E-state index >= 15 is 0 Å². The summed E-state index contributed by atoms with van der Waals surface area (Å²) in [6.45, 7) is 4.50. The molecule has 0 bridgehead atoms. The number of ether oxygens (including phenoxy) is 4. The van der Waals surface area contributed by atoms with Crippen LogP contribution in [-0.2, 0) is 17.8 Å². The van der Waals surface area contributed by atoms with Gasteiger partial charge in [-0.25, -0.2) is 0 Å². The maximum atomic E-state index is 5.96. The summed E-state index contributed by atoms with van der Waals surface area (Å²) < 4.78 is 21.9. The van der Waals surface area contributed by atoms with Crippen molar-refractivity contribution in [2.45, 2.75) is 26.4 Å². The van der Waals surface area contributed by atoms with Crippen molar-refractivity contribution in [2.24, 2.45) is 4.99 Å². The van der Waals surface area contributed by atoms with Crippen molar-refractivity contribution >= 4 is 29.9 Å². The van der Waals surface area contributed by atoms with Crippen LogP contribution in [0.1, 0.15) is 23.1 Å². The van der Waals surface area contributed by atoms with Crippen LogP contribution < -0.4 is 24.8 Å². The lowest BCUT2D eigenvalue weighted by Gasteiger charge is -2.17. The minimum atomic E-state index is 0. The van der Waals surface area contributed by atoms with Crippen LogP contribution >= 0.6 is 24.0 Å². The number of nitrogens with one attached hydrogen (secondary N) is 2. The minimum Gasteiger partial charge on any atom is -0.493 e. The van der Waals surface area contributed by atoms with Crippen molar-refractivity contribution in [1.82, 2.24) is 10.6 Å². The first kappa shape index (κ1) is 26.8. The summed E-state index contributed by atoms with van der Waals surface area (Å²) in [6, 6.07) is 12.0. The predicted molar refractivity (Wildman–Crippen MR) is 135 cm³/mol. The average Bonchev–Trinajstić information content (AvgIpc) is 2.77. The maximum absolute atomic E-state index is 5.96. The predicted octanol–water partition coefficient (Wildman–Crippen LogP) is 3.91. The second-order valence-electron chi connectivity index (χ2n) is 6.74. The van der Waals surface area contributed by atoms with Crippen molar-refractivity contribution in [3.63, 3.8) is 0 Å². The largest absolute Gasteiger partial charge is 0.493 e. The molecule has 31 heavy (non-hydrogen) atoms. The summed E-state index contributed by atoms with van der Waals surface area (Å²) in [4.78, 5) is 4.31. The number of para-hydroxylation sites is 1. The summed E-state index contributed by atoms with van der Waals surface area (Å²) in [5, 5.41) is 6.66. The number of guanidine groups is 1. The van der Waals surface area contributed by atoms with Crippen LogP contribution in [0.3, 0.4) is 0 Å². The number of methoxy groups -OCH3 is 3. The van der Waals surface area contributed by atoms with E-state index in [0.29, 0.717) is 43.8 Å². The molecule has 2 aromatic rings. The number of hydrogen-bond donors (Lipinski definition) is 2. The third-order valence-corrected chi connectivity index (χ3v) is 4.57. The smallest absolute Gasteiger partial charge is 0.191 e. The molecule has 0 radical (unpaired) electrons. The van der Waals surface area contributed by atoms with Crippen LogP contribution in [0.2, 0.25) is 0 Å². The fraction of sp³-hybridized carbons (Fsp3) is 0.435. The molecule has 172 valence electrons. The molecule has 0 aliphatic carbocycles.